The van der Waals surface area contributed by atoms with E-state index in [4.69, 9.17) is 22.1 Å². The summed E-state index contributed by atoms with van der Waals surface area (Å²) in [5.74, 6) is 1.18. The number of rotatable bonds is 3. The van der Waals surface area contributed by atoms with Crippen LogP contribution in [0.3, 0.4) is 0 Å². The Morgan fingerprint density at radius 1 is 1.18 bits per heavy atom. The number of ether oxygens (including phenoxy) is 1. The third kappa shape index (κ3) is 3.15. The predicted octanol–water partition coefficient (Wildman–Crippen LogP) is 2.48. The largest absolute Gasteiger partial charge is 0.473 e. The molecule has 2 aromatic rings. The zero-order valence-electron chi connectivity index (χ0n) is 9.30. The zero-order valence-corrected chi connectivity index (χ0v) is 10.1. The van der Waals surface area contributed by atoms with E-state index in [1.54, 1.807) is 31.5 Å². The highest BCUT2D eigenvalue weighted by atomic mass is 35.5. The van der Waals surface area contributed by atoms with Gasteiger partial charge in [0.05, 0.1) is 12.4 Å². The van der Waals surface area contributed by atoms with Crippen LogP contribution in [0.5, 0.6) is 5.75 Å². The Bertz CT molecular complexity index is 482. The van der Waals surface area contributed by atoms with Crippen LogP contribution in [0.4, 0.5) is 0 Å². The summed E-state index contributed by atoms with van der Waals surface area (Å²) in [6.07, 6.45) is 2.82. The van der Waals surface area contributed by atoms with Crippen LogP contribution in [0, 0.1) is 0 Å². The van der Waals surface area contributed by atoms with Crippen LogP contribution in [0.15, 0.2) is 36.7 Å². The molecule has 0 saturated heterocycles. The molecule has 0 radical (unpaired) electrons. The van der Waals surface area contributed by atoms with Crippen molar-refractivity contribution >= 4 is 11.6 Å². The molecule has 1 atom stereocenters. The Morgan fingerprint density at radius 2 is 1.76 bits per heavy atom. The number of aromatic nitrogens is 2. The normalized spacial score (nSPS) is 12.2. The van der Waals surface area contributed by atoms with Crippen LogP contribution in [-0.2, 0) is 0 Å². The molecule has 0 amide bonds. The Labute approximate surface area is 104 Å². The number of benzene rings is 1. The monoisotopic (exact) mass is 249 g/mol. The number of hydrogen-bond donors (Lipinski definition) is 1. The fourth-order valence-electron chi connectivity index (χ4n) is 1.34. The lowest BCUT2D eigenvalue weighted by Gasteiger charge is -2.08. The Kier molecular flexibility index (Phi) is 3.56. The topological polar surface area (TPSA) is 61.0 Å². The molecule has 0 fully saturated rings. The standard InChI is InChI=1S/C12H12ClN3O/c1-8(14)17-11-6-15-12(16-7-11)9-2-4-10(13)5-3-9/h2-8H,14H2,1H3. The van der Waals surface area contributed by atoms with Gasteiger partial charge in [-0.1, -0.05) is 11.6 Å². The van der Waals surface area contributed by atoms with Gasteiger partial charge in [-0.25, -0.2) is 9.97 Å². The average Bonchev–Trinajstić information content (AvgIpc) is 2.30. The van der Waals surface area contributed by atoms with E-state index >= 15 is 0 Å². The second-order valence-corrected chi connectivity index (χ2v) is 4.01. The maximum atomic E-state index is 5.81. The summed E-state index contributed by atoms with van der Waals surface area (Å²) in [6, 6.07) is 7.33. The summed E-state index contributed by atoms with van der Waals surface area (Å²) in [4.78, 5) is 8.39. The molecule has 1 aromatic heterocycles. The third-order valence-electron chi connectivity index (χ3n) is 2.05. The Morgan fingerprint density at radius 3 is 2.29 bits per heavy atom. The molecule has 1 aromatic carbocycles. The van der Waals surface area contributed by atoms with E-state index in [1.807, 2.05) is 12.1 Å². The van der Waals surface area contributed by atoms with Crippen molar-refractivity contribution in [2.24, 2.45) is 5.73 Å². The molecule has 0 aliphatic carbocycles. The third-order valence-corrected chi connectivity index (χ3v) is 2.30. The second-order valence-electron chi connectivity index (χ2n) is 3.57. The lowest BCUT2D eigenvalue weighted by atomic mass is 10.2. The van der Waals surface area contributed by atoms with E-state index in [-0.39, 0.29) is 6.23 Å². The number of halogens is 1. The first-order chi connectivity index (χ1) is 8.15. The molecule has 0 aliphatic rings. The van der Waals surface area contributed by atoms with Crippen LogP contribution in [0.1, 0.15) is 6.92 Å². The second kappa shape index (κ2) is 5.12. The van der Waals surface area contributed by atoms with Gasteiger partial charge in [0.2, 0.25) is 0 Å². The van der Waals surface area contributed by atoms with Gasteiger partial charge in [-0.2, -0.15) is 0 Å². The van der Waals surface area contributed by atoms with Crippen LogP contribution in [0.2, 0.25) is 5.02 Å². The maximum Gasteiger partial charge on any atom is 0.159 e. The maximum absolute atomic E-state index is 5.81. The lowest BCUT2D eigenvalue weighted by molar-refractivity contribution is 0.228. The molecule has 88 valence electrons. The first-order valence-corrected chi connectivity index (χ1v) is 5.53. The van der Waals surface area contributed by atoms with Gasteiger partial charge in [-0.3, -0.25) is 5.73 Å². The molecule has 2 N–H and O–H groups in total. The first-order valence-electron chi connectivity index (χ1n) is 5.15. The highest BCUT2D eigenvalue weighted by molar-refractivity contribution is 6.30. The Balaban J connectivity index is 2.20. The van der Waals surface area contributed by atoms with Crippen molar-refractivity contribution in [2.75, 3.05) is 0 Å². The molecular weight excluding hydrogens is 238 g/mol. The van der Waals surface area contributed by atoms with E-state index < -0.39 is 0 Å². The average molecular weight is 250 g/mol. The fourth-order valence-corrected chi connectivity index (χ4v) is 1.47. The van der Waals surface area contributed by atoms with Crippen molar-refractivity contribution in [1.29, 1.82) is 0 Å². The fraction of sp³-hybridized carbons (Fsp3) is 0.167. The van der Waals surface area contributed by atoms with Gasteiger partial charge in [-0.05, 0) is 31.2 Å². The molecule has 0 spiro atoms. The van der Waals surface area contributed by atoms with E-state index in [0.717, 1.165) is 5.56 Å². The highest BCUT2D eigenvalue weighted by Gasteiger charge is 2.03. The molecule has 17 heavy (non-hydrogen) atoms. The summed E-state index contributed by atoms with van der Waals surface area (Å²) in [6.45, 7) is 1.74. The van der Waals surface area contributed by atoms with Gasteiger partial charge < -0.3 is 4.74 Å². The van der Waals surface area contributed by atoms with E-state index in [0.29, 0.717) is 16.6 Å². The van der Waals surface area contributed by atoms with Crippen molar-refractivity contribution in [1.82, 2.24) is 9.97 Å². The van der Waals surface area contributed by atoms with Crippen LogP contribution in [0.25, 0.3) is 11.4 Å². The molecule has 2 rings (SSSR count). The van der Waals surface area contributed by atoms with Gasteiger partial charge in [0.25, 0.3) is 0 Å². The number of nitrogens with two attached hydrogens (primary N) is 1. The van der Waals surface area contributed by atoms with Crippen LogP contribution in [-0.4, -0.2) is 16.2 Å². The van der Waals surface area contributed by atoms with Gasteiger partial charge in [0.1, 0.15) is 6.23 Å². The lowest BCUT2D eigenvalue weighted by Crippen LogP contribution is -2.22. The molecule has 0 aliphatic heterocycles. The van der Waals surface area contributed by atoms with Gasteiger partial charge in [0.15, 0.2) is 11.6 Å². The summed E-state index contributed by atoms with van der Waals surface area (Å²) in [5, 5.41) is 0.686. The molecule has 0 bridgehead atoms. The molecule has 1 unspecified atom stereocenters. The van der Waals surface area contributed by atoms with E-state index in [1.165, 1.54) is 0 Å². The SMILES string of the molecule is CC(N)Oc1cnc(-c2ccc(Cl)cc2)nc1. The molecule has 0 saturated carbocycles. The van der Waals surface area contributed by atoms with E-state index in [9.17, 15) is 0 Å². The summed E-state index contributed by atoms with van der Waals surface area (Å²) < 4.78 is 5.26. The Hall–Kier alpha value is -1.65. The van der Waals surface area contributed by atoms with Crippen molar-refractivity contribution in [3.63, 3.8) is 0 Å². The van der Waals surface area contributed by atoms with Gasteiger partial charge in [0, 0.05) is 10.6 Å². The molecule has 4 nitrogen and oxygen atoms in total. The minimum Gasteiger partial charge on any atom is -0.473 e. The van der Waals surface area contributed by atoms with Gasteiger partial charge in [-0.15, -0.1) is 0 Å². The number of nitrogens with zero attached hydrogens (tertiary/aromatic N) is 2. The van der Waals surface area contributed by atoms with Gasteiger partial charge >= 0.3 is 0 Å². The van der Waals surface area contributed by atoms with E-state index in [2.05, 4.69) is 9.97 Å². The van der Waals surface area contributed by atoms with Crippen molar-refractivity contribution < 1.29 is 4.74 Å². The van der Waals surface area contributed by atoms with Crippen molar-refractivity contribution in [3.8, 4) is 17.1 Å². The minimum absolute atomic E-state index is 0.375. The summed E-state index contributed by atoms with van der Waals surface area (Å²) >= 11 is 5.81. The molecule has 1 heterocycles. The quantitative estimate of drug-likeness (QED) is 0.849. The summed E-state index contributed by atoms with van der Waals surface area (Å²) in [5.41, 5.74) is 6.40. The predicted molar refractivity (Wildman–Crippen MR) is 66.8 cm³/mol. The van der Waals surface area contributed by atoms with Crippen molar-refractivity contribution in [3.05, 3.63) is 41.7 Å². The van der Waals surface area contributed by atoms with Crippen LogP contribution < -0.4 is 10.5 Å². The minimum atomic E-state index is -0.375. The zero-order chi connectivity index (χ0) is 12.3. The smallest absolute Gasteiger partial charge is 0.159 e. The molecular formula is C12H12ClN3O. The summed E-state index contributed by atoms with van der Waals surface area (Å²) in [7, 11) is 0. The number of hydrogen-bond acceptors (Lipinski definition) is 4. The van der Waals surface area contributed by atoms with Crippen molar-refractivity contribution in [2.45, 2.75) is 13.2 Å². The first kappa shape index (κ1) is 11.8. The van der Waals surface area contributed by atoms with Crippen LogP contribution >= 0.6 is 11.6 Å². The molecule has 5 heteroatoms. The highest BCUT2D eigenvalue weighted by Crippen LogP contribution is 2.19.